The summed E-state index contributed by atoms with van der Waals surface area (Å²) < 4.78 is 0. The number of aliphatic hydroxyl groups is 1. The molecule has 0 aliphatic rings. The van der Waals surface area contributed by atoms with E-state index in [1.54, 1.807) is 6.07 Å². The van der Waals surface area contributed by atoms with Gasteiger partial charge in [-0.05, 0) is 18.2 Å². The van der Waals surface area contributed by atoms with E-state index in [0.29, 0.717) is 0 Å². The molecule has 1 aromatic carbocycles. The van der Waals surface area contributed by atoms with Crippen LogP contribution in [0, 0.1) is 22.7 Å². The normalized spacial score (nSPS) is 10.8. The number of nitrogens with one attached hydrogen (secondary N) is 2. The lowest BCUT2D eigenvalue weighted by Crippen LogP contribution is -2.45. The Labute approximate surface area is 113 Å². The maximum Gasteiger partial charge on any atom is 0.328 e. The Morgan fingerprint density at radius 3 is 2.40 bits per heavy atom. The zero-order valence-electron chi connectivity index (χ0n) is 10.1. The van der Waals surface area contributed by atoms with E-state index < -0.39 is 24.6 Å². The third kappa shape index (κ3) is 3.70. The van der Waals surface area contributed by atoms with Crippen molar-refractivity contribution in [2.75, 3.05) is 11.9 Å². The average molecular weight is 274 g/mol. The molecular formula is C12H10N4O4. The van der Waals surface area contributed by atoms with Crippen molar-refractivity contribution in [2.24, 2.45) is 0 Å². The second kappa shape index (κ2) is 6.73. The monoisotopic (exact) mass is 274 g/mol. The lowest BCUT2D eigenvalue weighted by Gasteiger charge is -2.12. The SMILES string of the molecule is N#Cc1ccc(NC(=O)NC(CO)C(=O)O)cc1C#N. The van der Waals surface area contributed by atoms with Gasteiger partial charge in [0, 0.05) is 5.69 Å². The highest BCUT2D eigenvalue weighted by atomic mass is 16.4. The minimum Gasteiger partial charge on any atom is -0.480 e. The van der Waals surface area contributed by atoms with Crippen LogP contribution in [0.5, 0.6) is 0 Å². The topological polar surface area (TPSA) is 146 Å². The number of carboxylic acid groups (broad SMARTS) is 1. The molecule has 8 heteroatoms. The Morgan fingerprint density at radius 2 is 1.90 bits per heavy atom. The fraction of sp³-hybridized carbons (Fsp3) is 0.167. The molecule has 0 spiro atoms. The Kier molecular flexibility index (Phi) is 5.03. The lowest BCUT2D eigenvalue weighted by molar-refractivity contribution is -0.140. The van der Waals surface area contributed by atoms with Gasteiger partial charge in [0.25, 0.3) is 0 Å². The van der Waals surface area contributed by atoms with Crippen LogP contribution in [0.25, 0.3) is 0 Å². The molecule has 0 bridgehead atoms. The molecule has 0 saturated carbocycles. The molecule has 1 unspecified atom stereocenters. The molecular weight excluding hydrogens is 264 g/mol. The predicted molar refractivity (Wildman–Crippen MR) is 66.5 cm³/mol. The molecule has 1 rings (SSSR count). The van der Waals surface area contributed by atoms with Crippen molar-refractivity contribution in [3.63, 3.8) is 0 Å². The van der Waals surface area contributed by atoms with E-state index >= 15 is 0 Å². The third-order valence-electron chi connectivity index (χ3n) is 2.30. The summed E-state index contributed by atoms with van der Waals surface area (Å²) in [5.74, 6) is -1.37. The molecule has 2 amide bonds. The fourth-order valence-corrected chi connectivity index (χ4v) is 1.32. The van der Waals surface area contributed by atoms with Crippen LogP contribution >= 0.6 is 0 Å². The Morgan fingerprint density at radius 1 is 1.25 bits per heavy atom. The van der Waals surface area contributed by atoms with Crippen LogP contribution < -0.4 is 10.6 Å². The van der Waals surface area contributed by atoms with E-state index in [9.17, 15) is 9.59 Å². The van der Waals surface area contributed by atoms with Gasteiger partial charge in [-0.25, -0.2) is 9.59 Å². The highest BCUT2D eigenvalue weighted by Gasteiger charge is 2.18. The van der Waals surface area contributed by atoms with Crippen LogP contribution in [-0.4, -0.2) is 34.9 Å². The number of benzene rings is 1. The third-order valence-corrected chi connectivity index (χ3v) is 2.30. The highest BCUT2D eigenvalue weighted by molar-refractivity contribution is 5.92. The number of aliphatic hydroxyl groups excluding tert-OH is 1. The van der Waals surface area contributed by atoms with Gasteiger partial charge in [0.1, 0.15) is 12.1 Å². The standard InChI is InChI=1S/C12H10N4O4/c13-4-7-1-2-9(3-8(7)5-14)15-12(20)16-10(6-17)11(18)19/h1-3,10,17H,6H2,(H,18,19)(H2,15,16,20). The number of rotatable bonds is 4. The van der Waals surface area contributed by atoms with Crippen LogP contribution in [0.2, 0.25) is 0 Å². The number of nitrogens with zero attached hydrogens (tertiary/aromatic N) is 2. The van der Waals surface area contributed by atoms with Gasteiger partial charge < -0.3 is 20.8 Å². The molecule has 0 aromatic heterocycles. The number of carboxylic acids is 1. The van der Waals surface area contributed by atoms with Crippen molar-refractivity contribution in [1.82, 2.24) is 5.32 Å². The van der Waals surface area contributed by atoms with Crippen LogP contribution in [0.4, 0.5) is 10.5 Å². The number of hydrogen-bond acceptors (Lipinski definition) is 5. The van der Waals surface area contributed by atoms with Gasteiger partial charge >= 0.3 is 12.0 Å². The van der Waals surface area contributed by atoms with Gasteiger partial charge in [0.15, 0.2) is 6.04 Å². The number of carbonyl (C=O) groups excluding carboxylic acids is 1. The van der Waals surface area contributed by atoms with E-state index in [-0.39, 0.29) is 16.8 Å². The molecule has 1 aromatic rings. The summed E-state index contributed by atoms with van der Waals surface area (Å²) in [5.41, 5.74) is 0.472. The van der Waals surface area contributed by atoms with Gasteiger partial charge in [-0.2, -0.15) is 10.5 Å². The summed E-state index contributed by atoms with van der Waals surface area (Å²) in [7, 11) is 0. The number of nitriles is 2. The predicted octanol–water partition coefficient (Wildman–Crippen LogP) is -0.00304. The van der Waals surface area contributed by atoms with E-state index in [1.807, 2.05) is 11.4 Å². The summed E-state index contributed by atoms with van der Waals surface area (Å²) in [5, 5.41) is 39.3. The van der Waals surface area contributed by atoms with Crippen molar-refractivity contribution >= 4 is 17.7 Å². The number of urea groups is 1. The number of hydrogen-bond donors (Lipinski definition) is 4. The van der Waals surface area contributed by atoms with Crippen molar-refractivity contribution in [3.8, 4) is 12.1 Å². The number of aliphatic carboxylic acids is 1. The lowest BCUT2D eigenvalue weighted by atomic mass is 10.1. The van der Waals surface area contributed by atoms with E-state index in [1.165, 1.54) is 18.2 Å². The largest absolute Gasteiger partial charge is 0.480 e. The summed E-state index contributed by atoms with van der Waals surface area (Å²) in [6.07, 6.45) is 0. The maximum absolute atomic E-state index is 11.5. The number of amides is 2. The van der Waals surface area contributed by atoms with Gasteiger partial charge in [-0.3, -0.25) is 0 Å². The molecule has 102 valence electrons. The molecule has 0 aliphatic heterocycles. The minimum absolute atomic E-state index is 0.0854. The molecule has 20 heavy (non-hydrogen) atoms. The fourth-order valence-electron chi connectivity index (χ4n) is 1.32. The molecule has 0 radical (unpaired) electrons. The first-order chi connectivity index (χ1) is 9.51. The molecule has 0 heterocycles. The number of anilines is 1. The van der Waals surface area contributed by atoms with Gasteiger partial charge in [-0.1, -0.05) is 0 Å². The molecule has 4 N–H and O–H groups in total. The van der Waals surface area contributed by atoms with Crippen molar-refractivity contribution in [1.29, 1.82) is 10.5 Å². The summed E-state index contributed by atoms with van der Waals surface area (Å²) >= 11 is 0. The first-order valence-electron chi connectivity index (χ1n) is 5.37. The first kappa shape index (κ1) is 15.0. The Balaban J connectivity index is 2.80. The summed E-state index contributed by atoms with van der Waals surface area (Å²) in [4.78, 5) is 22.1. The zero-order valence-corrected chi connectivity index (χ0v) is 10.1. The highest BCUT2D eigenvalue weighted by Crippen LogP contribution is 2.14. The van der Waals surface area contributed by atoms with Gasteiger partial charge in [0.05, 0.1) is 17.7 Å². The minimum atomic E-state index is -1.43. The first-order valence-corrected chi connectivity index (χ1v) is 5.37. The van der Waals surface area contributed by atoms with E-state index in [2.05, 4.69) is 5.32 Å². The second-order valence-electron chi connectivity index (χ2n) is 3.66. The smallest absolute Gasteiger partial charge is 0.328 e. The molecule has 8 nitrogen and oxygen atoms in total. The van der Waals surface area contributed by atoms with Crippen LogP contribution in [0.3, 0.4) is 0 Å². The zero-order chi connectivity index (χ0) is 15.1. The average Bonchev–Trinajstić information content (AvgIpc) is 2.44. The van der Waals surface area contributed by atoms with Crippen LogP contribution in [0.1, 0.15) is 11.1 Å². The summed E-state index contributed by atoms with van der Waals surface area (Å²) in [6, 6.07) is 5.39. The molecule has 0 saturated heterocycles. The van der Waals surface area contributed by atoms with Crippen molar-refractivity contribution < 1.29 is 19.8 Å². The van der Waals surface area contributed by atoms with Crippen molar-refractivity contribution in [2.45, 2.75) is 6.04 Å². The quantitative estimate of drug-likeness (QED) is 0.607. The van der Waals surface area contributed by atoms with Gasteiger partial charge in [0.2, 0.25) is 0 Å². The summed E-state index contributed by atoms with van der Waals surface area (Å²) in [6.45, 7) is -0.750. The Bertz CT molecular complexity index is 615. The number of carbonyl (C=O) groups is 2. The second-order valence-corrected chi connectivity index (χ2v) is 3.66. The Hall–Kier alpha value is -3.10. The maximum atomic E-state index is 11.5. The van der Waals surface area contributed by atoms with E-state index in [4.69, 9.17) is 20.7 Å². The van der Waals surface area contributed by atoms with E-state index in [0.717, 1.165) is 0 Å². The van der Waals surface area contributed by atoms with Crippen LogP contribution in [0.15, 0.2) is 18.2 Å². The molecule has 0 fully saturated rings. The van der Waals surface area contributed by atoms with Crippen LogP contribution in [-0.2, 0) is 4.79 Å². The molecule has 0 aliphatic carbocycles. The van der Waals surface area contributed by atoms with Crippen molar-refractivity contribution in [3.05, 3.63) is 29.3 Å². The van der Waals surface area contributed by atoms with Gasteiger partial charge in [-0.15, -0.1) is 0 Å². The molecule has 1 atom stereocenters.